The molecule has 1 N–H and O–H groups in total. The van der Waals surface area contributed by atoms with Gasteiger partial charge in [0.1, 0.15) is 5.78 Å². The Bertz CT molecular complexity index is 735. The first-order valence-corrected chi connectivity index (χ1v) is 7.42. The third kappa shape index (κ3) is 3.77. The van der Waals surface area contributed by atoms with Gasteiger partial charge in [-0.3, -0.25) is 14.8 Å². The van der Waals surface area contributed by atoms with Crippen molar-refractivity contribution in [3.05, 3.63) is 41.1 Å². The number of hydrogen-bond acceptors (Lipinski definition) is 4. The Morgan fingerprint density at radius 2 is 2.05 bits per heavy atom. The van der Waals surface area contributed by atoms with Crippen molar-refractivity contribution < 1.29 is 9.90 Å². The second-order valence-electron chi connectivity index (χ2n) is 5.79. The molecule has 1 aromatic heterocycles. The minimum absolute atomic E-state index is 0.0802. The third-order valence-corrected chi connectivity index (χ3v) is 3.60. The first-order valence-electron chi connectivity index (χ1n) is 7.42. The van der Waals surface area contributed by atoms with Crippen LogP contribution in [0.15, 0.2) is 29.3 Å². The molecule has 0 aliphatic heterocycles. The van der Waals surface area contributed by atoms with E-state index in [-0.39, 0.29) is 12.3 Å². The Hall–Kier alpha value is -2.07. The molecule has 0 aliphatic rings. The summed E-state index contributed by atoms with van der Waals surface area (Å²) in [5, 5.41) is 11.5. The van der Waals surface area contributed by atoms with E-state index in [9.17, 15) is 9.90 Å². The smallest absolute Gasteiger partial charge is 0.135 e. The molecule has 1 atom stereocenters. The summed E-state index contributed by atoms with van der Waals surface area (Å²) in [5.74, 6) is 0.0802. The quantitative estimate of drug-likeness (QED) is 0.861. The highest BCUT2D eigenvalue weighted by Gasteiger charge is 2.13. The maximum atomic E-state index is 11.1. The number of aryl methyl sites for hydroxylation is 2. The molecule has 22 heavy (non-hydrogen) atoms. The third-order valence-electron chi connectivity index (χ3n) is 3.60. The second kappa shape index (κ2) is 6.79. The summed E-state index contributed by atoms with van der Waals surface area (Å²) in [6, 6.07) is 7.86. The van der Waals surface area contributed by atoms with Gasteiger partial charge < -0.3 is 5.11 Å². The number of pyridine rings is 1. The molecule has 0 saturated carbocycles. The van der Waals surface area contributed by atoms with Gasteiger partial charge in [0.15, 0.2) is 0 Å². The fourth-order valence-electron chi connectivity index (χ4n) is 2.58. The number of Topliss-reactive ketones (excluding diaryl/α,β-unsaturated/α-hetero) is 1. The van der Waals surface area contributed by atoms with E-state index in [1.54, 1.807) is 0 Å². The second-order valence-corrected chi connectivity index (χ2v) is 5.79. The summed E-state index contributed by atoms with van der Waals surface area (Å²) in [6.07, 6.45) is -0.366. The molecule has 116 valence electrons. The van der Waals surface area contributed by atoms with Crippen LogP contribution in [-0.4, -0.2) is 28.1 Å². The molecule has 0 spiro atoms. The molecule has 1 heterocycles. The number of aromatic nitrogens is 1. The summed E-state index contributed by atoms with van der Waals surface area (Å²) in [5.41, 5.74) is 4.47. The van der Waals surface area contributed by atoms with Gasteiger partial charge >= 0.3 is 0 Å². The van der Waals surface area contributed by atoms with Crippen LogP contribution in [0.1, 0.15) is 43.2 Å². The molecule has 0 aliphatic carbocycles. The van der Waals surface area contributed by atoms with E-state index in [4.69, 9.17) is 0 Å². The molecule has 4 nitrogen and oxygen atoms in total. The fourth-order valence-corrected chi connectivity index (χ4v) is 2.58. The number of carbonyl (C=O) groups is 1. The summed E-state index contributed by atoms with van der Waals surface area (Å²) >= 11 is 0. The lowest BCUT2D eigenvalue weighted by Gasteiger charge is -2.14. The van der Waals surface area contributed by atoms with Crippen LogP contribution in [0.4, 0.5) is 0 Å². The van der Waals surface area contributed by atoms with E-state index in [1.165, 1.54) is 6.92 Å². The molecular weight excluding hydrogens is 276 g/mol. The normalized spacial score (nSPS) is 13.4. The zero-order chi connectivity index (χ0) is 16.3. The monoisotopic (exact) mass is 298 g/mol. The summed E-state index contributed by atoms with van der Waals surface area (Å²) in [7, 11) is 0. The lowest BCUT2D eigenvalue weighted by Crippen LogP contribution is -2.07. The molecular formula is C18H22N2O2. The van der Waals surface area contributed by atoms with Crippen molar-refractivity contribution in [1.82, 2.24) is 4.98 Å². The van der Waals surface area contributed by atoms with Gasteiger partial charge in [-0.1, -0.05) is 18.2 Å². The highest BCUT2D eigenvalue weighted by molar-refractivity contribution is 5.99. The van der Waals surface area contributed by atoms with Crippen molar-refractivity contribution in [2.75, 3.05) is 6.54 Å². The number of aliphatic imine (C=N–C) groups is 1. The number of ketones is 1. The summed E-state index contributed by atoms with van der Waals surface area (Å²) in [6.45, 7) is 7.55. The first kappa shape index (κ1) is 16.3. The van der Waals surface area contributed by atoms with Crippen LogP contribution in [0.5, 0.6) is 0 Å². The van der Waals surface area contributed by atoms with Crippen molar-refractivity contribution in [2.45, 2.75) is 40.2 Å². The Morgan fingerprint density at radius 1 is 1.32 bits per heavy atom. The zero-order valence-corrected chi connectivity index (χ0v) is 13.6. The van der Waals surface area contributed by atoms with Crippen LogP contribution in [0, 0.1) is 13.8 Å². The van der Waals surface area contributed by atoms with E-state index in [0.717, 1.165) is 33.4 Å². The number of fused-ring (bicyclic) bond motifs is 1. The Morgan fingerprint density at radius 3 is 2.73 bits per heavy atom. The van der Waals surface area contributed by atoms with Gasteiger partial charge in [0, 0.05) is 23.2 Å². The van der Waals surface area contributed by atoms with Crippen molar-refractivity contribution in [2.24, 2.45) is 4.99 Å². The average Bonchev–Trinajstić information content (AvgIpc) is 2.44. The van der Waals surface area contributed by atoms with Crippen LogP contribution in [-0.2, 0) is 4.79 Å². The molecule has 0 saturated heterocycles. The Labute approximate surface area is 130 Å². The SMILES string of the molecule is CC(=O)CC(C)=NCC(O)c1cc(C)nc2c(C)cccc12. The van der Waals surface area contributed by atoms with Gasteiger partial charge in [0.2, 0.25) is 0 Å². The number of aliphatic hydroxyl groups excluding tert-OH is 1. The number of carbonyl (C=O) groups excluding carboxylic acids is 1. The van der Waals surface area contributed by atoms with Gasteiger partial charge in [0.25, 0.3) is 0 Å². The fraction of sp³-hybridized carbons (Fsp3) is 0.389. The van der Waals surface area contributed by atoms with Crippen LogP contribution < -0.4 is 0 Å². The van der Waals surface area contributed by atoms with E-state index in [2.05, 4.69) is 9.98 Å². The van der Waals surface area contributed by atoms with E-state index in [1.807, 2.05) is 45.0 Å². The molecule has 0 bridgehead atoms. The van der Waals surface area contributed by atoms with Crippen LogP contribution in [0.25, 0.3) is 10.9 Å². The van der Waals surface area contributed by atoms with Crippen LogP contribution in [0.3, 0.4) is 0 Å². The lowest BCUT2D eigenvalue weighted by atomic mass is 10.0. The maximum absolute atomic E-state index is 11.1. The van der Waals surface area contributed by atoms with Crippen molar-refractivity contribution >= 4 is 22.4 Å². The molecule has 0 fully saturated rings. The Kier molecular flexibility index (Phi) is 5.03. The number of rotatable bonds is 5. The van der Waals surface area contributed by atoms with E-state index in [0.29, 0.717) is 6.42 Å². The molecule has 2 rings (SSSR count). The number of aliphatic hydroxyl groups is 1. The number of nitrogens with zero attached hydrogens (tertiary/aromatic N) is 2. The topological polar surface area (TPSA) is 62.5 Å². The molecule has 4 heteroatoms. The predicted octanol–water partition coefficient (Wildman–Crippen LogP) is 3.33. The minimum Gasteiger partial charge on any atom is -0.386 e. The summed E-state index contributed by atoms with van der Waals surface area (Å²) in [4.78, 5) is 20.0. The van der Waals surface area contributed by atoms with Crippen molar-refractivity contribution in [1.29, 1.82) is 0 Å². The summed E-state index contributed by atoms with van der Waals surface area (Å²) < 4.78 is 0. The lowest BCUT2D eigenvalue weighted by molar-refractivity contribution is -0.115. The number of benzene rings is 1. The van der Waals surface area contributed by atoms with Gasteiger partial charge in [-0.2, -0.15) is 0 Å². The number of para-hydroxylation sites is 1. The van der Waals surface area contributed by atoms with Gasteiger partial charge in [-0.25, -0.2) is 0 Å². The maximum Gasteiger partial charge on any atom is 0.135 e. The van der Waals surface area contributed by atoms with Crippen LogP contribution in [0.2, 0.25) is 0 Å². The minimum atomic E-state index is -0.701. The standard InChI is InChI=1S/C18H22N2O2/c1-11-6-5-7-15-16(9-13(3)20-18(11)15)17(22)10-19-12(2)8-14(4)21/h5-7,9,17,22H,8,10H2,1-4H3. The molecule has 0 amide bonds. The average molecular weight is 298 g/mol. The highest BCUT2D eigenvalue weighted by atomic mass is 16.3. The number of hydrogen-bond donors (Lipinski definition) is 1. The largest absolute Gasteiger partial charge is 0.386 e. The van der Waals surface area contributed by atoms with Gasteiger partial charge in [-0.15, -0.1) is 0 Å². The van der Waals surface area contributed by atoms with Crippen molar-refractivity contribution in [3.8, 4) is 0 Å². The van der Waals surface area contributed by atoms with Gasteiger partial charge in [0.05, 0.1) is 18.2 Å². The van der Waals surface area contributed by atoms with Crippen LogP contribution >= 0.6 is 0 Å². The molecule has 0 radical (unpaired) electrons. The van der Waals surface area contributed by atoms with E-state index < -0.39 is 6.10 Å². The predicted molar refractivity (Wildman–Crippen MR) is 89.5 cm³/mol. The first-order chi connectivity index (χ1) is 10.4. The Balaban J connectivity index is 2.34. The van der Waals surface area contributed by atoms with Crippen molar-refractivity contribution in [3.63, 3.8) is 0 Å². The molecule has 2 aromatic rings. The van der Waals surface area contributed by atoms with Gasteiger partial charge in [-0.05, 0) is 44.9 Å². The van der Waals surface area contributed by atoms with E-state index >= 15 is 0 Å². The zero-order valence-electron chi connectivity index (χ0n) is 13.6. The molecule has 1 aromatic carbocycles. The molecule has 1 unspecified atom stereocenters. The highest BCUT2D eigenvalue weighted by Crippen LogP contribution is 2.26.